The fourth-order valence-corrected chi connectivity index (χ4v) is 5.78. The molecule has 0 atom stereocenters. The Morgan fingerprint density at radius 2 is 1.78 bits per heavy atom. The summed E-state index contributed by atoms with van der Waals surface area (Å²) < 4.78 is 39.2. The summed E-state index contributed by atoms with van der Waals surface area (Å²) >= 11 is 7.60. The Kier molecular flexibility index (Phi) is 8.21. The van der Waals surface area contributed by atoms with E-state index in [1.807, 2.05) is 26.0 Å². The summed E-state index contributed by atoms with van der Waals surface area (Å²) in [6, 6.07) is 10.1. The van der Waals surface area contributed by atoms with Crippen LogP contribution in [0.1, 0.15) is 20.3 Å². The Balaban J connectivity index is 1.82. The second-order valence-corrected chi connectivity index (χ2v) is 10.7. The molecule has 10 heteroatoms. The molecule has 32 heavy (non-hydrogen) atoms. The molecule has 0 saturated heterocycles. The summed E-state index contributed by atoms with van der Waals surface area (Å²) in [5.74, 6) is -1.22. The molecule has 0 N–H and O–H groups in total. The fourth-order valence-electron chi connectivity index (χ4n) is 3.24. The number of fused-ring (bicyclic) bond motifs is 1. The van der Waals surface area contributed by atoms with E-state index in [9.17, 15) is 17.6 Å². The van der Waals surface area contributed by atoms with Crippen molar-refractivity contribution in [3.05, 3.63) is 53.3 Å². The Hall–Kier alpha value is -2.07. The zero-order chi connectivity index (χ0) is 23.3. The molecule has 3 aromatic rings. The minimum atomic E-state index is -3.72. The van der Waals surface area contributed by atoms with Gasteiger partial charge in [-0.2, -0.15) is 0 Å². The number of carbonyl (C=O) groups is 1. The number of benzene rings is 2. The Labute approximate surface area is 196 Å². The van der Waals surface area contributed by atoms with Gasteiger partial charge in [0.2, 0.25) is 5.91 Å². The van der Waals surface area contributed by atoms with E-state index < -0.39 is 15.7 Å². The summed E-state index contributed by atoms with van der Waals surface area (Å²) in [6.45, 7) is 6.78. The quantitative estimate of drug-likeness (QED) is 0.382. The number of sulfone groups is 1. The van der Waals surface area contributed by atoms with Crippen LogP contribution in [0.25, 0.3) is 10.2 Å². The molecular weight excluding hydrogens is 473 g/mol. The van der Waals surface area contributed by atoms with Gasteiger partial charge in [0, 0.05) is 19.5 Å². The van der Waals surface area contributed by atoms with Gasteiger partial charge in [0.05, 0.1) is 20.4 Å². The van der Waals surface area contributed by atoms with Crippen molar-refractivity contribution in [3.8, 4) is 0 Å². The minimum Gasteiger partial charge on any atom is -0.302 e. The van der Waals surface area contributed by atoms with Gasteiger partial charge in [0.15, 0.2) is 15.0 Å². The van der Waals surface area contributed by atoms with Crippen LogP contribution in [0.4, 0.5) is 9.52 Å². The maximum atomic E-state index is 13.1. The van der Waals surface area contributed by atoms with Crippen molar-refractivity contribution in [3.63, 3.8) is 0 Å². The Morgan fingerprint density at radius 1 is 1.09 bits per heavy atom. The minimum absolute atomic E-state index is 0.00633. The number of anilines is 1. The highest BCUT2D eigenvalue weighted by atomic mass is 35.5. The Morgan fingerprint density at radius 3 is 2.41 bits per heavy atom. The van der Waals surface area contributed by atoms with Crippen LogP contribution in [-0.2, 0) is 14.6 Å². The number of aromatic nitrogens is 1. The van der Waals surface area contributed by atoms with Crippen LogP contribution < -0.4 is 4.90 Å². The second-order valence-electron chi connectivity index (χ2n) is 7.18. The first-order valence-corrected chi connectivity index (χ1v) is 13.2. The van der Waals surface area contributed by atoms with Gasteiger partial charge in [-0.3, -0.25) is 9.69 Å². The average Bonchev–Trinajstić information content (AvgIpc) is 3.21. The van der Waals surface area contributed by atoms with Gasteiger partial charge < -0.3 is 4.90 Å². The van der Waals surface area contributed by atoms with Gasteiger partial charge in [-0.1, -0.05) is 42.9 Å². The van der Waals surface area contributed by atoms with Crippen LogP contribution in [0.2, 0.25) is 5.02 Å². The molecule has 0 radical (unpaired) electrons. The van der Waals surface area contributed by atoms with E-state index in [4.69, 9.17) is 11.6 Å². The van der Waals surface area contributed by atoms with Gasteiger partial charge in [0.25, 0.3) is 0 Å². The molecule has 0 fully saturated rings. The van der Waals surface area contributed by atoms with Gasteiger partial charge in [-0.25, -0.2) is 17.8 Å². The maximum Gasteiger partial charge on any atom is 0.229 e. The third-order valence-corrected chi connectivity index (χ3v) is 8.26. The standard InChI is InChI=1S/C22H25ClFN3O3S2/c1-3-26(4-2)13-14-27(22-25-21-18(23)6-5-7-19(21)31-22)20(28)12-15-32(29,30)17-10-8-16(24)9-11-17/h5-11H,3-4,12-15H2,1-2H3. The van der Waals surface area contributed by atoms with Crippen molar-refractivity contribution >= 4 is 54.0 Å². The van der Waals surface area contributed by atoms with E-state index in [0.29, 0.717) is 28.8 Å². The summed E-state index contributed by atoms with van der Waals surface area (Å²) in [4.78, 5) is 21.4. The van der Waals surface area contributed by atoms with E-state index in [1.165, 1.54) is 23.5 Å². The summed E-state index contributed by atoms with van der Waals surface area (Å²) in [6.07, 6.45) is -0.207. The molecule has 6 nitrogen and oxygen atoms in total. The third-order valence-electron chi connectivity index (χ3n) is 5.18. The molecule has 2 aromatic carbocycles. The molecular formula is C22H25ClFN3O3S2. The Bertz CT molecular complexity index is 1180. The summed E-state index contributed by atoms with van der Waals surface area (Å²) in [5, 5.41) is 0.990. The lowest BCUT2D eigenvalue weighted by Crippen LogP contribution is -2.39. The zero-order valence-electron chi connectivity index (χ0n) is 17.9. The molecule has 0 aliphatic carbocycles. The normalized spacial score (nSPS) is 11.9. The molecule has 0 aliphatic rings. The van der Waals surface area contributed by atoms with E-state index in [-0.39, 0.29) is 23.0 Å². The molecule has 0 bridgehead atoms. The SMILES string of the molecule is CCN(CC)CCN(C(=O)CCS(=O)(=O)c1ccc(F)cc1)c1nc2c(Cl)cccc2s1. The molecule has 0 spiro atoms. The number of halogens is 2. The third kappa shape index (κ3) is 5.83. The smallest absolute Gasteiger partial charge is 0.229 e. The largest absolute Gasteiger partial charge is 0.302 e. The molecule has 1 aromatic heterocycles. The summed E-state index contributed by atoms with van der Waals surface area (Å²) in [7, 11) is -3.72. The number of nitrogens with zero attached hydrogens (tertiary/aromatic N) is 3. The number of carbonyl (C=O) groups excluding carboxylic acids is 1. The van der Waals surface area contributed by atoms with Crippen LogP contribution in [-0.4, -0.2) is 56.1 Å². The lowest BCUT2D eigenvalue weighted by molar-refractivity contribution is -0.118. The number of hydrogen-bond acceptors (Lipinski definition) is 6. The predicted molar refractivity (Wildman–Crippen MR) is 128 cm³/mol. The number of thiazole rings is 1. The highest BCUT2D eigenvalue weighted by Crippen LogP contribution is 2.33. The van der Waals surface area contributed by atoms with E-state index in [0.717, 1.165) is 29.9 Å². The van der Waals surface area contributed by atoms with E-state index >= 15 is 0 Å². The molecule has 1 amide bonds. The van der Waals surface area contributed by atoms with Gasteiger partial charge in [0.1, 0.15) is 11.3 Å². The highest BCUT2D eigenvalue weighted by molar-refractivity contribution is 7.91. The van der Waals surface area contributed by atoms with Crippen molar-refractivity contribution < 1.29 is 17.6 Å². The first-order chi connectivity index (χ1) is 15.2. The first-order valence-electron chi connectivity index (χ1n) is 10.3. The van der Waals surface area contributed by atoms with E-state index in [1.54, 1.807) is 11.0 Å². The van der Waals surface area contributed by atoms with E-state index in [2.05, 4.69) is 9.88 Å². The molecule has 0 unspecified atom stereocenters. The van der Waals surface area contributed by atoms with Crippen LogP contribution in [0.15, 0.2) is 47.4 Å². The molecule has 0 aliphatic heterocycles. The fraction of sp³-hybridized carbons (Fsp3) is 0.364. The van der Waals surface area contributed by atoms with Gasteiger partial charge in [-0.05, 0) is 49.5 Å². The molecule has 0 saturated carbocycles. The summed E-state index contributed by atoms with van der Waals surface area (Å²) in [5.41, 5.74) is 0.619. The van der Waals surface area contributed by atoms with Crippen molar-refractivity contribution in [1.29, 1.82) is 0 Å². The van der Waals surface area contributed by atoms with Gasteiger partial charge in [-0.15, -0.1) is 0 Å². The average molecular weight is 498 g/mol. The van der Waals surface area contributed by atoms with Crippen LogP contribution in [0.3, 0.4) is 0 Å². The number of likely N-dealkylation sites (N-methyl/N-ethyl adjacent to an activating group) is 1. The number of hydrogen-bond donors (Lipinski definition) is 0. The molecule has 172 valence electrons. The number of amides is 1. The molecule has 3 rings (SSSR count). The lowest BCUT2D eigenvalue weighted by atomic mass is 10.3. The number of para-hydroxylation sites is 1. The topological polar surface area (TPSA) is 70.6 Å². The van der Waals surface area contributed by atoms with Gasteiger partial charge >= 0.3 is 0 Å². The molecule has 1 heterocycles. The van der Waals surface area contributed by atoms with Crippen LogP contribution in [0.5, 0.6) is 0 Å². The lowest BCUT2D eigenvalue weighted by Gasteiger charge is -2.24. The number of rotatable bonds is 10. The second kappa shape index (κ2) is 10.7. The van der Waals surface area contributed by atoms with Crippen LogP contribution in [0, 0.1) is 5.82 Å². The van der Waals surface area contributed by atoms with Crippen LogP contribution >= 0.6 is 22.9 Å². The zero-order valence-corrected chi connectivity index (χ0v) is 20.3. The predicted octanol–water partition coefficient (Wildman–Crippen LogP) is 4.63. The first kappa shape index (κ1) is 24.6. The van der Waals surface area contributed by atoms with Crippen molar-refractivity contribution in [2.45, 2.75) is 25.2 Å². The maximum absolute atomic E-state index is 13.1. The van der Waals surface area contributed by atoms with Crippen molar-refractivity contribution in [1.82, 2.24) is 9.88 Å². The monoisotopic (exact) mass is 497 g/mol. The highest BCUT2D eigenvalue weighted by Gasteiger charge is 2.24. The van der Waals surface area contributed by atoms with Crippen molar-refractivity contribution in [2.24, 2.45) is 0 Å². The van der Waals surface area contributed by atoms with Crippen molar-refractivity contribution in [2.75, 3.05) is 36.8 Å².